The molecule has 3 rings (SSSR count). The average molecular weight is 343 g/mol. The molecular weight excluding hydrogens is 318 g/mol. The largest absolute Gasteiger partial charge is 0.325 e. The van der Waals surface area contributed by atoms with Crippen molar-refractivity contribution in [3.63, 3.8) is 0 Å². The summed E-state index contributed by atoms with van der Waals surface area (Å²) in [5.74, 6) is -0.613. The summed E-state index contributed by atoms with van der Waals surface area (Å²) in [6.07, 6.45) is 5.33. The van der Waals surface area contributed by atoms with E-state index in [0.717, 1.165) is 41.7 Å². The van der Waals surface area contributed by atoms with Gasteiger partial charge in [0.2, 0.25) is 5.91 Å². The van der Waals surface area contributed by atoms with Crippen molar-refractivity contribution in [2.75, 3.05) is 11.9 Å². The molecule has 6 heteroatoms. The highest BCUT2D eigenvalue weighted by Gasteiger charge is 2.51. The Kier molecular flexibility index (Phi) is 4.79. The van der Waals surface area contributed by atoms with Crippen molar-refractivity contribution in [1.82, 2.24) is 10.2 Å². The van der Waals surface area contributed by atoms with Gasteiger partial charge >= 0.3 is 6.03 Å². The number of carbonyl (C=O) groups is 3. The van der Waals surface area contributed by atoms with Gasteiger partial charge in [0.15, 0.2) is 0 Å². The molecule has 1 heterocycles. The first-order valence-corrected chi connectivity index (χ1v) is 8.93. The normalized spacial score (nSPS) is 19.7. The van der Waals surface area contributed by atoms with Crippen LogP contribution in [0.3, 0.4) is 0 Å². The fourth-order valence-electron chi connectivity index (χ4n) is 3.71. The van der Waals surface area contributed by atoms with Gasteiger partial charge in [0, 0.05) is 5.69 Å². The minimum atomic E-state index is -0.798. The van der Waals surface area contributed by atoms with Crippen LogP contribution in [0.5, 0.6) is 0 Å². The second kappa shape index (κ2) is 6.86. The van der Waals surface area contributed by atoms with Crippen molar-refractivity contribution in [2.24, 2.45) is 0 Å². The molecule has 4 amide bonds. The zero-order valence-electron chi connectivity index (χ0n) is 14.9. The number of benzene rings is 1. The fraction of sp³-hybridized carbons (Fsp3) is 0.526. The Hall–Kier alpha value is -2.37. The SMILES string of the molecule is Cc1cccc(NC(=O)CN2C(=O)NC3(CCCCCC3)C2=O)c1C. The molecule has 1 aromatic rings. The van der Waals surface area contributed by atoms with E-state index in [-0.39, 0.29) is 18.4 Å². The van der Waals surface area contributed by atoms with Crippen molar-refractivity contribution in [1.29, 1.82) is 0 Å². The Morgan fingerprint density at radius 3 is 2.52 bits per heavy atom. The third-order valence-corrected chi connectivity index (χ3v) is 5.38. The van der Waals surface area contributed by atoms with Gasteiger partial charge in [-0.25, -0.2) is 4.79 Å². The number of hydrogen-bond acceptors (Lipinski definition) is 3. The first-order chi connectivity index (χ1) is 11.9. The third-order valence-electron chi connectivity index (χ3n) is 5.38. The van der Waals surface area contributed by atoms with Crippen LogP contribution in [0.4, 0.5) is 10.5 Å². The van der Waals surface area contributed by atoms with E-state index in [2.05, 4.69) is 10.6 Å². The Bertz CT molecular complexity index is 706. The third kappa shape index (κ3) is 3.38. The number of imide groups is 1. The molecule has 1 aliphatic carbocycles. The van der Waals surface area contributed by atoms with E-state index in [0.29, 0.717) is 18.5 Å². The Labute approximate surface area is 148 Å². The minimum absolute atomic E-state index is 0.250. The molecule has 0 atom stereocenters. The lowest BCUT2D eigenvalue weighted by Crippen LogP contribution is -2.47. The number of hydrogen-bond donors (Lipinski definition) is 2. The molecule has 2 aliphatic rings. The topological polar surface area (TPSA) is 78.5 Å². The van der Waals surface area contributed by atoms with Gasteiger partial charge in [-0.05, 0) is 43.9 Å². The summed E-state index contributed by atoms with van der Waals surface area (Å²) >= 11 is 0. The van der Waals surface area contributed by atoms with Gasteiger partial charge in [0.25, 0.3) is 5.91 Å². The number of anilines is 1. The summed E-state index contributed by atoms with van der Waals surface area (Å²) in [5.41, 5.74) is 1.97. The van der Waals surface area contributed by atoms with Crippen molar-refractivity contribution >= 4 is 23.5 Å². The number of rotatable bonds is 3. The molecular formula is C19H25N3O3. The molecule has 1 saturated heterocycles. The lowest BCUT2D eigenvalue weighted by Gasteiger charge is -2.24. The van der Waals surface area contributed by atoms with Crippen LogP contribution in [-0.4, -0.2) is 34.8 Å². The van der Waals surface area contributed by atoms with Gasteiger partial charge in [0.05, 0.1) is 0 Å². The quantitative estimate of drug-likeness (QED) is 0.828. The first-order valence-electron chi connectivity index (χ1n) is 8.93. The van der Waals surface area contributed by atoms with E-state index in [1.807, 2.05) is 32.0 Å². The van der Waals surface area contributed by atoms with Gasteiger partial charge in [0.1, 0.15) is 12.1 Å². The molecule has 1 aromatic carbocycles. The number of nitrogens with zero attached hydrogens (tertiary/aromatic N) is 1. The van der Waals surface area contributed by atoms with Crippen LogP contribution >= 0.6 is 0 Å². The average Bonchev–Trinajstić information content (AvgIpc) is 2.74. The lowest BCUT2D eigenvalue weighted by molar-refractivity contribution is -0.134. The summed E-state index contributed by atoms with van der Waals surface area (Å²) in [6, 6.07) is 5.20. The number of nitrogens with one attached hydrogen (secondary N) is 2. The van der Waals surface area contributed by atoms with Gasteiger partial charge in [-0.2, -0.15) is 0 Å². The highest BCUT2D eigenvalue weighted by molar-refractivity contribution is 6.10. The van der Waals surface area contributed by atoms with E-state index < -0.39 is 11.6 Å². The van der Waals surface area contributed by atoms with E-state index in [1.165, 1.54) is 0 Å². The summed E-state index contributed by atoms with van der Waals surface area (Å²) in [6.45, 7) is 3.65. The van der Waals surface area contributed by atoms with Crippen LogP contribution in [0.2, 0.25) is 0 Å². The van der Waals surface area contributed by atoms with E-state index in [4.69, 9.17) is 0 Å². The van der Waals surface area contributed by atoms with Crippen LogP contribution in [0.1, 0.15) is 49.7 Å². The minimum Gasteiger partial charge on any atom is -0.324 e. The molecule has 0 radical (unpaired) electrons. The number of aryl methyl sites for hydroxylation is 1. The van der Waals surface area contributed by atoms with Gasteiger partial charge in [-0.15, -0.1) is 0 Å². The van der Waals surface area contributed by atoms with Crippen LogP contribution in [-0.2, 0) is 9.59 Å². The van der Waals surface area contributed by atoms with Crippen LogP contribution < -0.4 is 10.6 Å². The second-order valence-electron chi connectivity index (χ2n) is 7.11. The fourth-order valence-corrected chi connectivity index (χ4v) is 3.71. The molecule has 6 nitrogen and oxygen atoms in total. The van der Waals surface area contributed by atoms with Gasteiger partial charge < -0.3 is 10.6 Å². The molecule has 25 heavy (non-hydrogen) atoms. The standard InChI is InChI=1S/C19H25N3O3/c1-13-8-7-9-15(14(13)2)20-16(23)12-22-17(24)19(21-18(22)25)10-5-3-4-6-11-19/h7-9H,3-6,10-12H2,1-2H3,(H,20,23)(H,21,25). The summed E-state index contributed by atoms with van der Waals surface area (Å²) in [5, 5.41) is 5.67. The number of carbonyl (C=O) groups excluding carboxylic acids is 3. The van der Waals surface area contributed by atoms with E-state index in [1.54, 1.807) is 0 Å². The maximum Gasteiger partial charge on any atom is 0.325 e. The molecule has 1 spiro atoms. The van der Waals surface area contributed by atoms with E-state index >= 15 is 0 Å². The highest BCUT2D eigenvalue weighted by Crippen LogP contribution is 2.32. The monoisotopic (exact) mass is 343 g/mol. The lowest BCUT2D eigenvalue weighted by atomic mass is 9.90. The molecule has 0 aromatic heterocycles. The van der Waals surface area contributed by atoms with Crippen LogP contribution in [0.25, 0.3) is 0 Å². The highest BCUT2D eigenvalue weighted by atomic mass is 16.2. The van der Waals surface area contributed by atoms with Gasteiger partial charge in [-0.3, -0.25) is 14.5 Å². The molecule has 2 fully saturated rings. The molecule has 2 N–H and O–H groups in total. The first kappa shape index (κ1) is 17.5. The molecule has 1 saturated carbocycles. The number of amides is 4. The second-order valence-corrected chi connectivity index (χ2v) is 7.11. The van der Waals surface area contributed by atoms with Crippen LogP contribution in [0.15, 0.2) is 18.2 Å². The van der Waals surface area contributed by atoms with Crippen molar-refractivity contribution in [2.45, 2.75) is 57.9 Å². The Morgan fingerprint density at radius 1 is 1.16 bits per heavy atom. The molecule has 0 bridgehead atoms. The van der Waals surface area contributed by atoms with E-state index in [9.17, 15) is 14.4 Å². The smallest absolute Gasteiger partial charge is 0.324 e. The van der Waals surface area contributed by atoms with Gasteiger partial charge in [-0.1, -0.05) is 37.8 Å². The Morgan fingerprint density at radius 2 is 1.84 bits per heavy atom. The Balaban J connectivity index is 1.69. The van der Waals surface area contributed by atoms with Crippen molar-refractivity contribution in [3.05, 3.63) is 29.3 Å². The molecule has 1 aliphatic heterocycles. The van der Waals surface area contributed by atoms with Crippen molar-refractivity contribution < 1.29 is 14.4 Å². The zero-order valence-corrected chi connectivity index (χ0v) is 14.9. The maximum absolute atomic E-state index is 12.8. The molecule has 0 unspecified atom stereocenters. The summed E-state index contributed by atoms with van der Waals surface area (Å²) < 4.78 is 0. The predicted molar refractivity (Wildman–Crippen MR) is 95.2 cm³/mol. The molecule has 134 valence electrons. The zero-order chi connectivity index (χ0) is 18.0. The predicted octanol–water partition coefficient (Wildman–Crippen LogP) is 2.89. The van der Waals surface area contributed by atoms with Crippen LogP contribution in [0, 0.1) is 13.8 Å². The summed E-state index contributed by atoms with van der Waals surface area (Å²) in [7, 11) is 0. The van der Waals surface area contributed by atoms with Crippen molar-refractivity contribution in [3.8, 4) is 0 Å². The summed E-state index contributed by atoms with van der Waals surface area (Å²) in [4.78, 5) is 38.5. The maximum atomic E-state index is 12.8. The number of urea groups is 1.